The molecule has 0 aromatic heterocycles. The zero-order valence-electron chi connectivity index (χ0n) is 11.1. The number of hydrogen-bond acceptors (Lipinski definition) is 4. The fraction of sp³-hybridized carbons (Fsp3) is 1.00. The Labute approximate surface area is 110 Å². The minimum atomic E-state index is -3.07. The van der Waals surface area contributed by atoms with Crippen LogP contribution < -0.4 is 5.32 Å². The molecular weight excluding hydrogens is 252 g/mol. The van der Waals surface area contributed by atoms with E-state index >= 15 is 0 Å². The van der Waals surface area contributed by atoms with Crippen LogP contribution in [0.4, 0.5) is 0 Å². The van der Waals surface area contributed by atoms with Gasteiger partial charge in [-0.25, -0.2) is 12.7 Å². The van der Waals surface area contributed by atoms with Crippen molar-refractivity contribution in [1.29, 1.82) is 0 Å². The van der Waals surface area contributed by atoms with Gasteiger partial charge in [0.25, 0.3) is 0 Å². The normalized spacial score (nSPS) is 34.9. The van der Waals surface area contributed by atoms with E-state index in [2.05, 4.69) is 5.32 Å². The van der Waals surface area contributed by atoms with E-state index < -0.39 is 10.0 Å². The number of aliphatic hydroxyl groups excluding tert-OH is 1. The summed E-state index contributed by atoms with van der Waals surface area (Å²) in [5.74, 6) is 0.367. The Morgan fingerprint density at radius 3 is 2.78 bits per heavy atom. The van der Waals surface area contributed by atoms with E-state index in [0.717, 1.165) is 38.6 Å². The molecule has 18 heavy (non-hydrogen) atoms. The highest BCUT2D eigenvalue weighted by molar-refractivity contribution is 7.88. The first kappa shape index (κ1) is 14.2. The third-order valence-electron chi connectivity index (χ3n) is 4.26. The van der Waals surface area contributed by atoms with Gasteiger partial charge in [0.05, 0.1) is 12.9 Å². The molecule has 2 saturated heterocycles. The molecule has 2 unspecified atom stereocenters. The highest BCUT2D eigenvalue weighted by atomic mass is 32.2. The van der Waals surface area contributed by atoms with E-state index in [9.17, 15) is 13.5 Å². The summed E-state index contributed by atoms with van der Waals surface area (Å²) in [6.07, 6.45) is 6.26. The zero-order valence-corrected chi connectivity index (χ0v) is 11.9. The first-order valence-electron chi connectivity index (χ1n) is 6.76. The quantitative estimate of drug-likeness (QED) is 0.767. The molecule has 0 saturated carbocycles. The molecule has 2 heterocycles. The molecule has 0 amide bonds. The van der Waals surface area contributed by atoms with Gasteiger partial charge in [-0.05, 0) is 44.6 Å². The SMILES string of the molecule is CS(=O)(=O)N1CCCC(CC2(CO)CCCN2)C1. The first-order valence-corrected chi connectivity index (χ1v) is 8.61. The van der Waals surface area contributed by atoms with E-state index in [0.29, 0.717) is 19.0 Å². The number of sulfonamides is 1. The van der Waals surface area contributed by atoms with Crippen LogP contribution in [0, 0.1) is 5.92 Å². The lowest BCUT2D eigenvalue weighted by Gasteiger charge is -2.37. The first-order chi connectivity index (χ1) is 8.45. The standard InChI is InChI=1S/C12H24N2O3S/c1-18(16,17)14-7-2-4-11(9-14)8-12(10-15)5-3-6-13-12/h11,13,15H,2-10H2,1H3. The molecule has 2 fully saturated rings. The van der Waals surface area contributed by atoms with Crippen molar-refractivity contribution in [3.63, 3.8) is 0 Å². The van der Waals surface area contributed by atoms with Gasteiger partial charge >= 0.3 is 0 Å². The van der Waals surface area contributed by atoms with Gasteiger partial charge in [0.2, 0.25) is 10.0 Å². The van der Waals surface area contributed by atoms with Crippen LogP contribution in [0.2, 0.25) is 0 Å². The Kier molecular flexibility index (Phi) is 4.31. The lowest BCUT2D eigenvalue weighted by Crippen LogP contribution is -2.48. The Morgan fingerprint density at radius 1 is 1.44 bits per heavy atom. The molecule has 0 bridgehead atoms. The predicted molar refractivity (Wildman–Crippen MR) is 70.8 cm³/mol. The van der Waals surface area contributed by atoms with Crippen molar-refractivity contribution in [3.8, 4) is 0 Å². The van der Waals surface area contributed by atoms with Crippen molar-refractivity contribution in [2.24, 2.45) is 5.92 Å². The van der Waals surface area contributed by atoms with E-state index in [1.165, 1.54) is 6.26 Å². The summed E-state index contributed by atoms with van der Waals surface area (Å²) in [7, 11) is -3.07. The van der Waals surface area contributed by atoms with Crippen LogP contribution in [0.3, 0.4) is 0 Å². The van der Waals surface area contributed by atoms with Gasteiger partial charge in [-0.1, -0.05) is 0 Å². The summed E-state index contributed by atoms with van der Waals surface area (Å²) in [6.45, 7) is 2.38. The molecule has 0 radical (unpaired) electrons. The number of hydrogen-bond donors (Lipinski definition) is 2. The summed E-state index contributed by atoms with van der Waals surface area (Å²) in [5.41, 5.74) is -0.162. The highest BCUT2D eigenvalue weighted by Gasteiger charge is 2.37. The van der Waals surface area contributed by atoms with Gasteiger partial charge in [-0.3, -0.25) is 0 Å². The average molecular weight is 276 g/mol. The van der Waals surface area contributed by atoms with Gasteiger partial charge in [0, 0.05) is 18.6 Å². The van der Waals surface area contributed by atoms with Crippen molar-refractivity contribution >= 4 is 10.0 Å². The van der Waals surface area contributed by atoms with Gasteiger partial charge in [-0.15, -0.1) is 0 Å². The fourth-order valence-electron chi connectivity index (χ4n) is 3.29. The maximum atomic E-state index is 11.6. The molecule has 5 nitrogen and oxygen atoms in total. The number of piperidine rings is 1. The maximum absolute atomic E-state index is 11.6. The van der Waals surface area contributed by atoms with Crippen LogP contribution in [0.15, 0.2) is 0 Å². The van der Waals surface area contributed by atoms with Crippen LogP contribution >= 0.6 is 0 Å². The van der Waals surface area contributed by atoms with Gasteiger partial charge in [-0.2, -0.15) is 0 Å². The molecule has 0 aromatic carbocycles. The second-order valence-electron chi connectivity index (χ2n) is 5.80. The summed E-state index contributed by atoms with van der Waals surface area (Å²) in [6, 6.07) is 0. The Morgan fingerprint density at radius 2 is 2.22 bits per heavy atom. The lowest BCUT2D eigenvalue weighted by atomic mass is 9.83. The minimum absolute atomic E-state index is 0.155. The molecule has 0 aromatic rings. The summed E-state index contributed by atoms with van der Waals surface area (Å²) >= 11 is 0. The Balaban J connectivity index is 1.97. The largest absolute Gasteiger partial charge is 0.394 e. The molecule has 0 aliphatic carbocycles. The van der Waals surface area contributed by atoms with Gasteiger partial charge in [0.1, 0.15) is 0 Å². The Bertz CT molecular complexity index is 377. The second kappa shape index (κ2) is 5.45. The third-order valence-corrected chi connectivity index (χ3v) is 5.53. The number of nitrogens with zero attached hydrogens (tertiary/aromatic N) is 1. The van der Waals surface area contributed by atoms with Crippen molar-refractivity contribution < 1.29 is 13.5 Å². The van der Waals surface area contributed by atoms with Crippen LogP contribution in [-0.4, -0.2) is 55.9 Å². The molecule has 2 atom stereocenters. The predicted octanol–water partition coefficient (Wildman–Crippen LogP) is 0.163. The van der Waals surface area contributed by atoms with Gasteiger partial charge in [0.15, 0.2) is 0 Å². The summed E-state index contributed by atoms with van der Waals surface area (Å²) in [5, 5.41) is 13.0. The molecule has 0 spiro atoms. The van der Waals surface area contributed by atoms with Crippen molar-refractivity contribution in [2.45, 2.75) is 37.6 Å². The topological polar surface area (TPSA) is 69.6 Å². The van der Waals surface area contributed by atoms with Crippen molar-refractivity contribution in [2.75, 3.05) is 32.5 Å². The molecule has 2 aliphatic heterocycles. The van der Waals surface area contributed by atoms with Crippen LogP contribution in [-0.2, 0) is 10.0 Å². The van der Waals surface area contributed by atoms with Crippen molar-refractivity contribution in [3.05, 3.63) is 0 Å². The Hall–Kier alpha value is -0.170. The highest BCUT2D eigenvalue weighted by Crippen LogP contribution is 2.31. The molecule has 2 rings (SSSR count). The molecule has 2 N–H and O–H groups in total. The van der Waals surface area contributed by atoms with E-state index in [-0.39, 0.29) is 12.1 Å². The van der Waals surface area contributed by atoms with E-state index in [4.69, 9.17) is 0 Å². The molecule has 106 valence electrons. The smallest absolute Gasteiger partial charge is 0.211 e. The minimum Gasteiger partial charge on any atom is -0.394 e. The van der Waals surface area contributed by atoms with Crippen molar-refractivity contribution in [1.82, 2.24) is 9.62 Å². The molecular formula is C12H24N2O3S. The third kappa shape index (κ3) is 3.23. The lowest BCUT2D eigenvalue weighted by molar-refractivity contribution is 0.130. The number of aliphatic hydroxyl groups is 1. The zero-order chi connectivity index (χ0) is 13.2. The monoisotopic (exact) mass is 276 g/mol. The maximum Gasteiger partial charge on any atom is 0.211 e. The van der Waals surface area contributed by atoms with Crippen LogP contribution in [0.25, 0.3) is 0 Å². The number of rotatable bonds is 4. The summed E-state index contributed by atoms with van der Waals surface area (Å²) < 4.78 is 24.7. The van der Waals surface area contributed by atoms with E-state index in [1.54, 1.807) is 4.31 Å². The van der Waals surface area contributed by atoms with E-state index in [1.807, 2.05) is 0 Å². The second-order valence-corrected chi connectivity index (χ2v) is 7.78. The van der Waals surface area contributed by atoms with Gasteiger partial charge < -0.3 is 10.4 Å². The fourth-order valence-corrected chi connectivity index (χ4v) is 4.23. The number of nitrogens with one attached hydrogen (secondary N) is 1. The summed E-state index contributed by atoms with van der Waals surface area (Å²) in [4.78, 5) is 0. The average Bonchev–Trinajstić information content (AvgIpc) is 2.77. The molecule has 6 heteroatoms. The van der Waals surface area contributed by atoms with Crippen LogP contribution in [0.1, 0.15) is 32.1 Å². The van der Waals surface area contributed by atoms with Crippen LogP contribution in [0.5, 0.6) is 0 Å². The molecule has 2 aliphatic rings.